The fourth-order valence-corrected chi connectivity index (χ4v) is 5.52. The third kappa shape index (κ3) is 8.38. The third-order valence-electron chi connectivity index (χ3n) is 6.22. The smallest absolute Gasteiger partial charge is 0.273 e. The van der Waals surface area contributed by atoms with Crippen LogP contribution in [0.1, 0.15) is 74.4 Å². The SMILES string of the molecule is CCCS(=O)(=O)N[C@H]1CCCCNC(=O)c2coc(n2)[C@@H](Cc2ccccc2)NC(=O)[C@H](C(C)C)NC1=O. The van der Waals surface area contributed by atoms with Gasteiger partial charge < -0.3 is 20.4 Å². The highest BCUT2D eigenvalue weighted by Crippen LogP contribution is 2.20. The molecule has 0 saturated heterocycles. The molecule has 2 heterocycles. The lowest BCUT2D eigenvalue weighted by Gasteiger charge is -2.27. The summed E-state index contributed by atoms with van der Waals surface area (Å²) in [5.74, 6) is -1.71. The van der Waals surface area contributed by atoms with Crippen LogP contribution in [-0.4, -0.2) is 55.5 Å². The van der Waals surface area contributed by atoms with Crippen molar-refractivity contribution in [2.75, 3.05) is 12.3 Å². The fourth-order valence-electron chi connectivity index (χ4n) is 4.21. The number of nitrogens with zero attached hydrogens (tertiary/aromatic N) is 1. The topological polar surface area (TPSA) is 160 Å². The van der Waals surface area contributed by atoms with Gasteiger partial charge in [0.05, 0.1) is 5.75 Å². The van der Waals surface area contributed by atoms with E-state index in [2.05, 4.69) is 25.7 Å². The Morgan fingerprint density at radius 1 is 1.08 bits per heavy atom. The molecular weight excluding hydrogens is 510 g/mol. The number of hydrogen-bond donors (Lipinski definition) is 4. The summed E-state index contributed by atoms with van der Waals surface area (Å²) in [6.45, 7) is 5.64. The molecule has 0 radical (unpaired) electrons. The van der Waals surface area contributed by atoms with Gasteiger partial charge in [0.25, 0.3) is 5.91 Å². The van der Waals surface area contributed by atoms with Gasteiger partial charge in [-0.05, 0) is 37.2 Å². The minimum absolute atomic E-state index is 0.0957. The van der Waals surface area contributed by atoms with E-state index in [0.29, 0.717) is 32.2 Å². The van der Waals surface area contributed by atoms with Crippen LogP contribution in [0.4, 0.5) is 0 Å². The van der Waals surface area contributed by atoms with E-state index in [0.717, 1.165) is 5.56 Å². The van der Waals surface area contributed by atoms with E-state index in [1.165, 1.54) is 6.26 Å². The van der Waals surface area contributed by atoms with Crippen LogP contribution in [0.5, 0.6) is 0 Å². The molecule has 1 aliphatic rings. The van der Waals surface area contributed by atoms with E-state index in [1.807, 2.05) is 30.3 Å². The number of carbonyl (C=O) groups excluding carboxylic acids is 3. The van der Waals surface area contributed by atoms with Crippen LogP contribution in [0, 0.1) is 5.92 Å². The number of aromatic nitrogens is 1. The molecule has 2 bridgehead atoms. The van der Waals surface area contributed by atoms with Gasteiger partial charge in [0, 0.05) is 13.0 Å². The highest BCUT2D eigenvalue weighted by molar-refractivity contribution is 7.89. The predicted molar refractivity (Wildman–Crippen MR) is 141 cm³/mol. The molecule has 0 fully saturated rings. The van der Waals surface area contributed by atoms with E-state index in [1.54, 1.807) is 20.8 Å². The van der Waals surface area contributed by atoms with E-state index >= 15 is 0 Å². The minimum Gasteiger partial charge on any atom is -0.446 e. The predicted octanol–water partition coefficient (Wildman–Crippen LogP) is 1.83. The van der Waals surface area contributed by atoms with Crippen molar-refractivity contribution in [2.24, 2.45) is 5.92 Å². The Morgan fingerprint density at radius 3 is 2.50 bits per heavy atom. The van der Waals surface area contributed by atoms with Gasteiger partial charge in [-0.3, -0.25) is 14.4 Å². The number of fused-ring (bicyclic) bond motifs is 2. The van der Waals surface area contributed by atoms with Crippen LogP contribution in [-0.2, 0) is 26.0 Å². The molecule has 3 atom stereocenters. The number of carbonyl (C=O) groups is 3. The summed E-state index contributed by atoms with van der Waals surface area (Å²) in [6.07, 6.45) is 3.19. The van der Waals surface area contributed by atoms with Crippen molar-refractivity contribution in [1.29, 1.82) is 0 Å². The van der Waals surface area contributed by atoms with E-state index < -0.39 is 45.9 Å². The molecule has 4 N–H and O–H groups in total. The first-order valence-corrected chi connectivity index (χ1v) is 14.6. The molecule has 38 heavy (non-hydrogen) atoms. The summed E-state index contributed by atoms with van der Waals surface area (Å²) in [6, 6.07) is 6.73. The molecule has 0 unspecified atom stereocenters. The molecule has 1 aliphatic heterocycles. The van der Waals surface area contributed by atoms with Crippen molar-refractivity contribution in [3.63, 3.8) is 0 Å². The molecule has 0 aliphatic carbocycles. The van der Waals surface area contributed by atoms with Crippen molar-refractivity contribution < 1.29 is 27.2 Å². The first-order chi connectivity index (χ1) is 18.1. The minimum atomic E-state index is -3.68. The summed E-state index contributed by atoms with van der Waals surface area (Å²) in [4.78, 5) is 43.6. The first-order valence-electron chi connectivity index (χ1n) is 13.0. The Bertz CT molecular complexity index is 1200. The Labute approximate surface area is 223 Å². The normalized spacial score (nSPS) is 22.0. The van der Waals surface area contributed by atoms with Gasteiger partial charge in [0.15, 0.2) is 5.69 Å². The number of oxazole rings is 1. The number of amides is 3. The number of nitrogens with one attached hydrogen (secondary N) is 4. The number of benzene rings is 1. The first kappa shape index (κ1) is 29.3. The quantitative estimate of drug-likeness (QED) is 0.411. The lowest BCUT2D eigenvalue weighted by molar-refractivity contribution is -0.131. The Morgan fingerprint density at radius 2 is 1.82 bits per heavy atom. The average molecular weight is 548 g/mol. The molecule has 1 aromatic heterocycles. The Hall–Kier alpha value is -3.25. The summed E-state index contributed by atoms with van der Waals surface area (Å²) in [7, 11) is -3.68. The number of hydrogen-bond acceptors (Lipinski definition) is 7. The molecular formula is C26H37N5O6S. The van der Waals surface area contributed by atoms with Crippen LogP contribution in [0.15, 0.2) is 41.0 Å². The summed E-state index contributed by atoms with van der Waals surface area (Å²) < 4.78 is 33.0. The van der Waals surface area contributed by atoms with Gasteiger partial charge in [-0.25, -0.2) is 18.1 Å². The maximum absolute atomic E-state index is 13.5. The van der Waals surface area contributed by atoms with Crippen LogP contribution in [0.2, 0.25) is 0 Å². The highest BCUT2D eigenvalue weighted by Gasteiger charge is 2.32. The summed E-state index contributed by atoms with van der Waals surface area (Å²) >= 11 is 0. The van der Waals surface area contributed by atoms with Crippen molar-refractivity contribution in [2.45, 2.75) is 71.0 Å². The second-order valence-corrected chi connectivity index (χ2v) is 11.7. The van der Waals surface area contributed by atoms with Crippen molar-refractivity contribution >= 4 is 27.7 Å². The van der Waals surface area contributed by atoms with Gasteiger partial charge in [-0.1, -0.05) is 51.1 Å². The standard InChI is InChI=1S/C26H37N5O6S/c1-4-14-38(35,36)31-19-12-8-9-13-27-23(32)21-16-37-26(29-21)20(15-18-10-6-5-7-11-18)28-25(34)22(17(2)3)30-24(19)33/h5-7,10-11,16-17,19-20,22,31H,4,8-9,12-15H2,1-3H3,(H,27,32)(H,28,34)(H,30,33)/t19-,20+,22-/m0/s1. The monoisotopic (exact) mass is 547 g/mol. The van der Waals surface area contributed by atoms with Gasteiger partial charge in [-0.2, -0.15) is 0 Å². The van der Waals surface area contributed by atoms with E-state index in [4.69, 9.17) is 4.42 Å². The molecule has 0 spiro atoms. The molecule has 2 aromatic rings. The van der Waals surface area contributed by atoms with Gasteiger partial charge in [0.1, 0.15) is 24.4 Å². The van der Waals surface area contributed by atoms with Crippen LogP contribution >= 0.6 is 0 Å². The third-order valence-corrected chi connectivity index (χ3v) is 7.80. The lowest BCUT2D eigenvalue weighted by atomic mass is 10.0. The Balaban J connectivity index is 1.92. The molecule has 11 nitrogen and oxygen atoms in total. The van der Waals surface area contributed by atoms with Crippen molar-refractivity contribution in [3.8, 4) is 0 Å². The zero-order valence-electron chi connectivity index (χ0n) is 22.0. The van der Waals surface area contributed by atoms with Crippen molar-refractivity contribution in [1.82, 2.24) is 25.7 Å². The zero-order valence-corrected chi connectivity index (χ0v) is 22.8. The molecule has 208 valence electrons. The molecule has 12 heteroatoms. The highest BCUT2D eigenvalue weighted by atomic mass is 32.2. The molecule has 0 saturated carbocycles. The maximum Gasteiger partial charge on any atom is 0.273 e. The second-order valence-electron chi connectivity index (χ2n) is 9.79. The van der Waals surface area contributed by atoms with Crippen LogP contribution in [0.25, 0.3) is 0 Å². The van der Waals surface area contributed by atoms with E-state index in [-0.39, 0.29) is 29.7 Å². The van der Waals surface area contributed by atoms with Gasteiger partial charge in [0.2, 0.25) is 27.7 Å². The molecule has 1 aromatic carbocycles. The summed E-state index contributed by atoms with van der Waals surface area (Å²) in [5.41, 5.74) is 1.00. The maximum atomic E-state index is 13.5. The zero-order chi connectivity index (χ0) is 27.7. The van der Waals surface area contributed by atoms with Crippen LogP contribution in [0.3, 0.4) is 0 Å². The second kappa shape index (κ2) is 13.5. The fraction of sp³-hybridized carbons (Fsp3) is 0.538. The Kier molecular flexibility index (Phi) is 10.4. The molecule has 3 rings (SSSR count). The average Bonchev–Trinajstić information content (AvgIpc) is 3.36. The lowest BCUT2D eigenvalue weighted by Crippen LogP contribution is -2.56. The van der Waals surface area contributed by atoms with Crippen molar-refractivity contribution in [3.05, 3.63) is 53.7 Å². The largest absolute Gasteiger partial charge is 0.446 e. The van der Waals surface area contributed by atoms with E-state index in [9.17, 15) is 22.8 Å². The van der Waals surface area contributed by atoms with Gasteiger partial charge >= 0.3 is 0 Å². The van der Waals surface area contributed by atoms with Gasteiger partial charge in [-0.15, -0.1) is 0 Å². The van der Waals surface area contributed by atoms with Crippen LogP contribution < -0.4 is 20.7 Å². The molecule has 3 amide bonds. The summed E-state index contributed by atoms with van der Waals surface area (Å²) in [5, 5.41) is 8.43. The number of rotatable bonds is 7. The number of sulfonamides is 1.